The van der Waals surface area contributed by atoms with Crippen molar-refractivity contribution in [3.63, 3.8) is 0 Å². The first-order valence-electron chi connectivity index (χ1n) is 14.0. The molecule has 0 N–H and O–H groups in total. The van der Waals surface area contributed by atoms with Crippen LogP contribution in [0, 0.1) is 25.6 Å². The van der Waals surface area contributed by atoms with Gasteiger partial charge < -0.3 is 18.9 Å². The molecule has 0 spiro atoms. The molecular formula is C32H37FN2O4. The molecule has 0 amide bonds. The zero-order valence-electron chi connectivity index (χ0n) is 23.4. The summed E-state index contributed by atoms with van der Waals surface area (Å²) in [5.74, 6) is 0.845. The van der Waals surface area contributed by atoms with Gasteiger partial charge in [-0.3, -0.25) is 0 Å². The molecule has 6 nitrogen and oxygen atoms in total. The number of carbonyl (C=O) groups excluding carboxylic acids is 1. The molecule has 0 unspecified atom stereocenters. The van der Waals surface area contributed by atoms with E-state index in [1.165, 1.54) is 17.2 Å². The second-order valence-corrected chi connectivity index (χ2v) is 12.5. The quantitative estimate of drug-likeness (QED) is 0.302. The third kappa shape index (κ3) is 5.09. The Bertz CT molecular complexity index is 1380. The van der Waals surface area contributed by atoms with E-state index in [2.05, 4.69) is 42.1 Å². The number of anilines is 1. The Hall–Kier alpha value is -3.19. The highest BCUT2D eigenvalue weighted by atomic mass is 19.1. The van der Waals surface area contributed by atoms with Crippen LogP contribution in [0.5, 0.6) is 0 Å². The van der Waals surface area contributed by atoms with E-state index in [0.717, 1.165) is 54.8 Å². The van der Waals surface area contributed by atoms with Gasteiger partial charge in [0, 0.05) is 35.5 Å². The fourth-order valence-corrected chi connectivity index (χ4v) is 6.31. The predicted molar refractivity (Wildman–Crippen MR) is 147 cm³/mol. The standard InChI is InChI=1S/C32H37FN2O4/c1-18-7-6-8-19(2)28(18)29-24(30(39-34-29)20-9-10-20)17-37-27-15-23-13-22(27)16-35(23)26-12-11-21(14-25(26)33)31(36)38-32(3,4)5/h6-8,11-12,14,20,22-23,27H,9-10,13,15-17H2,1-5H3/t22-,23-,27+/m0/s1. The minimum absolute atomic E-state index is 0.114. The Labute approximate surface area is 229 Å². The number of aromatic nitrogens is 1. The first kappa shape index (κ1) is 26.1. The molecule has 0 radical (unpaired) electrons. The van der Waals surface area contributed by atoms with Gasteiger partial charge in [-0.2, -0.15) is 0 Å². The normalized spacial score (nSPS) is 22.5. The largest absolute Gasteiger partial charge is 0.456 e. The molecule has 3 aromatic rings. The number of ether oxygens (including phenoxy) is 2. The van der Waals surface area contributed by atoms with E-state index in [1.807, 2.05) is 0 Å². The van der Waals surface area contributed by atoms with Crippen LogP contribution >= 0.6 is 0 Å². The molecule has 2 saturated carbocycles. The Morgan fingerprint density at radius 2 is 1.87 bits per heavy atom. The average molecular weight is 533 g/mol. The SMILES string of the molecule is Cc1cccc(C)c1-c1noc(C2CC2)c1CO[C@@H]1C[C@@H]2C[C@H]1CN2c1ccc(C(=O)OC(C)(C)C)cc1F. The molecule has 2 heterocycles. The van der Waals surface area contributed by atoms with Crippen LogP contribution in [-0.2, 0) is 16.1 Å². The summed E-state index contributed by atoms with van der Waals surface area (Å²) in [5.41, 5.74) is 5.64. The summed E-state index contributed by atoms with van der Waals surface area (Å²) >= 11 is 0. The maximum absolute atomic E-state index is 15.1. The minimum atomic E-state index is -0.624. The second-order valence-electron chi connectivity index (χ2n) is 12.5. The Morgan fingerprint density at radius 3 is 2.49 bits per heavy atom. The van der Waals surface area contributed by atoms with Crippen molar-refractivity contribution in [3.8, 4) is 11.3 Å². The first-order chi connectivity index (χ1) is 18.6. The number of nitrogens with zero attached hydrogens (tertiary/aromatic N) is 2. The predicted octanol–water partition coefficient (Wildman–Crippen LogP) is 7.11. The monoisotopic (exact) mass is 532 g/mol. The molecule has 7 heteroatoms. The zero-order valence-corrected chi connectivity index (χ0v) is 23.4. The van der Waals surface area contributed by atoms with Gasteiger partial charge in [-0.1, -0.05) is 23.4 Å². The van der Waals surface area contributed by atoms with E-state index < -0.39 is 11.6 Å². The van der Waals surface area contributed by atoms with Gasteiger partial charge in [-0.25, -0.2) is 9.18 Å². The summed E-state index contributed by atoms with van der Waals surface area (Å²) in [4.78, 5) is 14.5. The summed E-state index contributed by atoms with van der Waals surface area (Å²) in [5, 5.41) is 4.53. The molecule has 3 fully saturated rings. The molecule has 206 valence electrons. The van der Waals surface area contributed by atoms with Gasteiger partial charge in [-0.05, 0) is 89.6 Å². The lowest BCUT2D eigenvalue weighted by Crippen LogP contribution is -2.39. The van der Waals surface area contributed by atoms with Gasteiger partial charge >= 0.3 is 5.97 Å². The average Bonchev–Trinajstić information content (AvgIpc) is 3.32. The van der Waals surface area contributed by atoms with E-state index in [4.69, 9.17) is 14.0 Å². The van der Waals surface area contributed by atoms with Gasteiger partial charge in [0.15, 0.2) is 0 Å². The van der Waals surface area contributed by atoms with Crippen molar-refractivity contribution in [2.24, 2.45) is 5.92 Å². The van der Waals surface area contributed by atoms with E-state index in [0.29, 0.717) is 24.1 Å². The first-order valence-corrected chi connectivity index (χ1v) is 14.0. The number of halogens is 1. The zero-order chi connectivity index (χ0) is 27.5. The van der Waals surface area contributed by atoms with E-state index >= 15 is 4.39 Å². The summed E-state index contributed by atoms with van der Waals surface area (Å²) in [6, 6.07) is 11.2. The molecule has 2 aliphatic carbocycles. The van der Waals surface area contributed by atoms with Crippen molar-refractivity contribution in [3.05, 3.63) is 70.2 Å². The van der Waals surface area contributed by atoms with Crippen molar-refractivity contribution in [2.45, 2.75) is 90.6 Å². The highest BCUT2D eigenvalue weighted by molar-refractivity contribution is 5.90. The molecule has 3 aliphatic rings. The summed E-state index contributed by atoms with van der Waals surface area (Å²) in [6.45, 7) is 10.8. The Morgan fingerprint density at radius 1 is 1.13 bits per heavy atom. The van der Waals surface area contributed by atoms with Crippen LogP contribution in [0.1, 0.15) is 85.2 Å². The van der Waals surface area contributed by atoms with Crippen molar-refractivity contribution >= 4 is 11.7 Å². The number of esters is 1. The van der Waals surface area contributed by atoms with Gasteiger partial charge in [-0.15, -0.1) is 0 Å². The number of fused-ring (bicyclic) bond motifs is 2. The maximum Gasteiger partial charge on any atom is 0.338 e. The van der Waals surface area contributed by atoms with Crippen LogP contribution in [0.2, 0.25) is 0 Å². The van der Waals surface area contributed by atoms with Gasteiger partial charge in [0.05, 0.1) is 24.0 Å². The fraction of sp³-hybridized carbons (Fsp3) is 0.500. The Balaban J connectivity index is 1.14. The highest BCUT2D eigenvalue weighted by Crippen LogP contribution is 2.47. The lowest BCUT2D eigenvalue weighted by Gasteiger charge is -2.33. The molecule has 6 rings (SSSR count). The lowest BCUT2D eigenvalue weighted by atomic mass is 9.96. The van der Waals surface area contributed by atoms with Crippen LogP contribution in [0.15, 0.2) is 40.9 Å². The number of benzene rings is 2. The molecule has 1 saturated heterocycles. The van der Waals surface area contributed by atoms with Crippen LogP contribution in [-0.4, -0.2) is 35.4 Å². The van der Waals surface area contributed by atoms with E-state index in [-0.39, 0.29) is 23.5 Å². The van der Waals surface area contributed by atoms with Gasteiger partial charge in [0.1, 0.15) is 22.9 Å². The highest BCUT2D eigenvalue weighted by Gasteiger charge is 2.46. The smallest absolute Gasteiger partial charge is 0.338 e. The van der Waals surface area contributed by atoms with Crippen molar-refractivity contribution < 1.29 is 23.2 Å². The number of carbonyl (C=O) groups is 1. The number of hydrogen-bond acceptors (Lipinski definition) is 6. The molecule has 1 aliphatic heterocycles. The van der Waals surface area contributed by atoms with Crippen LogP contribution in [0.25, 0.3) is 11.3 Å². The second kappa shape index (κ2) is 9.77. The van der Waals surface area contributed by atoms with Crippen molar-refractivity contribution in [1.82, 2.24) is 5.16 Å². The lowest BCUT2D eigenvalue weighted by molar-refractivity contribution is 0.00690. The summed E-state index contributed by atoms with van der Waals surface area (Å²) in [6.07, 6.45) is 4.20. The molecule has 39 heavy (non-hydrogen) atoms. The summed E-state index contributed by atoms with van der Waals surface area (Å²) in [7, 11) is 0. The fourth-order valence-electron chi connectivity index (χ4n) is 6.31. The molecule has 2 bridgehead atoms. The van der Waals surface area contributed by atoms with E-state index in [1.54, 1.807) is 32.9 Å². The third-order valence-corrected chi connectivity index (χ3v) is 8.30. The van der Waals surface area contributed by atoms with E-state index in [9.17, 15) is 4.79 Å². The minimum Gasteiger partial charge on any atom is -0.456 e. The van der Waals surface area contributed by atoms with Crippen molar-refractivity contribution in [1.29, 1.82) is 0 Å². The molecular weight excluding hydrogens is 495 g/mol. The topological polar surface area (TPSA) is 64.8 Å². The molecule has 2 aromatic carbocycles. The number of hydrogen-bond donors (Lipinski definition) is 0. The molecule has 3 atom stereocenters. The van der Waals surface area contributed by atoms with Crippen molar-refractivity contribution in [2.75, 3.05) is 11.4 Å². The van der Waals surface area contributed by atoms with Gasteiger partial charge in [0.25, 0.3) is 0 Å². The van der Waals surface area contributed by atoms with Crippen LogP contribution in [0.4, 0.5) is 10.1 Å². The Kier molecular flexibility index (Phi) is 6.53. The molecule has 1 aromatic heterocycles. The van der Waals surface area contributed by atoms with Crippen LogP contribution < -0.4 is 4.90 Å². The number of rotatable bonds is 7. The summed E-state index contributed by atoms with van der Waals surface area (Å²) < 4.78 is 33.0. The number of piperidine rings is 1. The number of aryl methyl sites for hydroxylation is 2. The van der Waals surface area contributed by atoms with Gasteiger partial charge in [0.2, 0.25) is 0 Å². The maximum atomic E-state index is 15.1. The third-order valence-electron chi connectivity index (χ3n) is 8.30. The van der Waals surface area contributed by atoms with Crippen LogP contribution in [0.3, 0.4) is 0 Å².